The largest absolute Gasteiger partial charge is 0.373 e. The van der Waals surface area contributed by atoms with Crippen LogP contribution < -0.4 is 5.73 Å². The van der Waals surface area contributed by atoms with Gasteiger partial charge in [0.15, 0.2) is 0 Å². The van der Waals surface area contributed by atoms with Crippen molar-refractivity contribution in [2.24, 2.45) is 11.7 Å². The van der Waals surface area contributed by atoms with Crippen LogP contribution in [-0.2, 0) is 11.3 Å². The molecule has 0 aromatic carbocycles. The van der Waals surface area contributed by atoms with E-state index in [0.717, 1.165) is 12.0 Å². The van der Waals surface area contributed by atoms with Gasteiger partial charge in [0.2, 0.25) is 0 Å². The van der Waals surface area contributed by atoms with E-state index in [0.29, 0.717) is 24.8 Å². The maximum Gasteiger partial charge on any atom is 0.140 e. The maximum atomic E-state index is 8.79. The normalized spacial score (nSPS) is 23.6. The third kappa shape index (κ3) is 3.28. The molecule has 4 heteroatoms. The average molecular weight is 245 g/mol. The molecule has 1 saturated carbocycles. The summed E-state index contributed by atoms with van der Waals surface area (Å²) < 4.78 is 5.95. The minimum atomic E-state index is 0.266. The molecule has 0 radical (unpaired) electrons. The first-order chi connectivity index (χ1) is 8.83. The van der Waals surface area contributed by atoms with Crippen molar-refractivity contribution < 1.29 is 4.74 Å². The molecule has 0 aliphatic heterocycles. The van der Waals surface area contributed by atoms with Gasteiger partial charge in [-0.1, -0.05) is 12.8 Å². The first-order valence-corrected chi connectivity index (χ1v) is 6.50. The van der Waals surface area contributed by atoms with E-state index in [9.17, 15) is 0 Å². The average Bonchev–Trinajstić information content (AvgIpc) is 2.45. The van der Waals surface area contributed by atoms with Crippen LogP contribution in [0.1, 0.15) is 36.9 Å². The van der Waals surface area contributed by atoms with Crippen LogP contribution in [0.5, 0.6) is 0 Å². The quantitative estimate of drug-likeness (QED) is 0.880. The molecular weight excluding hydrogens is 226 g/mol. The Labute approximate surface area is 108 Å². The Hall–Kier alpha value is -1.44. The fourth-order valence-electron chi connectivity index (χ4n) is 2.49. The molecular formula is C14H19N3O. The summed E-state index contributed by atoms with van der Waals surface area (Å²) in [6.45, 7) is 1.24. The summed E-state index contributed by atoms with van der Waals surface area (Å²) in [4.78, 5) is 3.95. The van der Waals surface area contributed by atoms with E-state index in [-0.39, 0.29) is 6.10 Å². The van der Waals surface area contributed by atoms with Crippen molar-refractivity contribution in [2.75, 3.05) is 6.54 Å². The molecule has 0 amide bonds. The molecule has 1 aliphatic rings. The van der Waals surface area contributed by atoms with E-state index < -0.39 is 0 Å². The Kier molecular flexibility index (Phi) is 4.68. The van der Waals surface area contributed by atoms with Gasteiger partial charge < -0.3 is 10.5 Å². The number of nitrogens with two attached hydrogens (primary N) is 1. The lowest BCUT2D eigenvalue weighted by Crippen LogP contribution is -2.33. The predicted octanol–water partition coefficient (Wildman–Crippen LogP) is 1.99. The van der Waals surface area contributed by atoms with Crippen LogP contribution in [0, 0.1) is 17.2 Å². The third-order valence-electron chi connectivity index (χ3n) is 3.55. The van der Waals surface area contributed by atoms with Crippen molar-refractivity contribution in [3.63, 3.8) is 0 Å². The lowest BCUT2D eigenvalue weighted by atomic mass is 9.86. The zero-order valence-electron chi connectivity index (χ0n) is 10.5. The van der Waals surface area contributed by atoms with Crippen molar-refractivity contribution in [2.45, 2.75) is 38.4 Å². The maximum absolute atomic E-state index is 8.79. The van der Waals surface area contributed by atoms with Gasteiger partial charge in [-0.3, -0.25) is 0 Å². The van der Waals surface area contributed by atoms with Gasteiger partial charge in [-0.05, 0) is 43.0 Å². The lowest BCUT2D eigenvalue weighted by Gasteiger charge is -2.30. The summed E-state index contributed by atoms with van der Waals surface area (Å²) in [5.41, 5.74) is 7.22. The second-order valence-corrected chi connectivity index (χ2v) is 4.79. The van der Waals surface area contributed by atoms with E-state index in [1.54, 1.807) is 12.3 Å². The number of nitriles is 1. The van der Waals surface area contributed by atoms with Crippen molar-refractivity contribution >= 4 is 0 Å². The summed E-state index contributed by atoms with van der Waals surface area (Å²) in [6.07, 6.45) is 6.66. The zero-order chi connectivity index (χ0) is 12.8. The van der Waals surface area contributed by atoms with Crippen LogP contribution in [0.25, 0.3) is 0 Å². The SMILES string of the molecule is N#Cc1cc(COC2CCCCC2CN)ccn1. The Balaban J connectivity index is 1.91. The minimum absolute atomic E-state index is 0.266. The summed E-state index contributed by atoms with van der Waals surface area (Å²) >= 11 is 0. The van der Waals surface area contributed by atoms with Gasteiger partial charge in [-0.25, -0.2) is 4.98 Å². The Morgan fingerprint density at radius 2 is 2.28 bits per heavy atom. The van der Waals surface area contributed by atoms with Gasteiger partial charge in [0.1, 0.15) is 11.8 Å². The van der Waals surface area contributed by atoms with Gasteiger partial charge in [0.25, 0.3) is 0 Å². The van der Waals surface area contributed by atoms with E-state index >= 15 is 0 Å². The van der Waals surface area contributed by atoms with Crippen LogP contribution in [-0.4, -0.2) is 17.6 Å². The topological polar surface area (TPSA) is 71.9 Å². The summed E-state index contributed by atoms with van der Waals surface area (Å²) in [6, 6.07) is 5.71. The highest BCUT2D eigenvalue weighted by Crippen LogP contribution is 2.26. The van der Waals surface area contributed by atoms with Crippen molar-refractivity contribution in [3.8, 4) is 6.07 Å². The molecule has 1 aliphatic carbocycles. The first kappa shape index (κ1) is 13.0. The van der Waals surface area contributed by atoms with Gasteiger partial charge in [0, 0.05) is 6.20 Å². The number of hydrogen-bond acceptors (Lipinski definition) is 4. The number of ether oxygens (including phenoxy) is 1. The molecule has 0 saturated heterocycles. The molecule has 96 valence electrons. The molecule has 0 bridgehead atoms. The van der Waals surface area contributed by atoms with Gasteiger partial charge in [-0.2, -0.15) is 5.26 Å². The molecule has 1 heterocycles. The van der Waals surface area contributed by atoms with Crippen molar-refractivity contribution in [1.29, 1.82) is 5.26 Å². The minimum Gasteiger partial charge on any atom is -0.373 e. The molecule has 2 rings (SSSR count). The van der Waals surface area contributed by atoms with Gasteiger partial charge >= 0.3 is 0 Å². The highest BCUT2D eigenvalue weighted by Gasteiger charge is 2.24. The first-order valence-electron chi connectivity index (χ1n) is 6.50. The van der Waals surface area contributed by atoms with E-state index in [2.05, 4.69) is 4.98 Å². The second kappa shape index (κ2) is 6.48. The Bertz CT molecular complexity index is 427. The number of hydrogen-bond donors (Lipinski definition) is 1. The number of aromatic nitrogens is 1. The fourth-order valence-corrected chi connectivity index (χ4v) is 2.49. The standard InChI is InChI=1S/C14H19N3O/c15-8-12-3-1-2-4-14(12)18-10-11-5-6-17-13(7-11)9-16/h5-7,12,14H,1-4,8,10,15H2. The zero-order valence-corrected chi connectivity index (χ0v) is 10.5. The second-order valence-electron chi connectivity index (χ2n) is 4.79. The smallest absolute Gasteiger partial charge is 0.140 e. The molecule has 2 N–H and O–H groups in total. The molecule has 1 aromatic heterocycles. The van der Waals surface area contributed by atoms with E-state index in [4.69, 9.17) is 15.7 Å². The van der Waals surface area contributed by atoms with Crippen LogP contribution in [0.15, 0.2) is 18.3 Å². The number of nitrogens with zero attached hydrogens (tertiary/aromatic N) is 2. The molecule has 1 aromatic rings. The van der Waals surface area contributed by atoms with Crippen LogP contribution in [0.2, 0.25) is 0 Å². The Morgan fingerprint density at radius 1 is 1.44 bits per heavy atom. The Morgan fingerprint density at radius 3 is 3.06 bits per heavy atom. The van der Waals surface area contributed by atoms with Crippen LogP contribution >= 0.6 is 0 Å². The van der Waals surface area contributed by atoms with Crippen molar-refractivity contribution in [1.82, 2.24) is 4.98 Å². The highest BCUT2D eigenvalue weighted by atomic mass is 16.5. The third-order valence-corrected chi connectivity index (χ3v) is 3.55. The molecule has 18 heavy (non-hydrogen) atoms. The van der Waals surface area contributed by atoms with E-state index in [1.165, 1.54) is 19.3 Å². The van der Waals surface area contributed by atoms with Gasteiger partial charge in [0.05, 0.1) is 12.7 Å². The molecule has 2 unspecified atom stereocenters. The van der Waals surface area contributed by atoms with Crippen LogP contribution in [0.3, 0.4) is 0 Å². The molecule has 0 spiro atoms. The van der Waals surface area contributed by atoms with Crippen molar-refractivity contribution in [3.05, 3.63) is 29.6 Å². The lowest BCUT2D eigenvalue weighted by molar-refractivity contribution is -0.0183. The predicted molar refractivity (Wildman–Crippen MR) is 68.5 cm³/mol. The number of rotatable bonds is 4. The monoisotopic (exact) mass is 245 g/mol. The van der Waals surface area contributed by atoms with Crippen LogP contribution in [0.4, 0.5) is 0 Å². The molecule has 1 fully saturated rings. The fraction of sp³-hybridized carbons (Fsp3) is 0.571. The molecule has 2 atom stereocenters. The summed E-state index contributed by atoms with van der Waals surface area (Å²) in [7, 11) is 0. The summed E-state index contributed by atoms with van der Waals surface area (Å²) in [5.74, 6) is 0.482. The number of pyridine rings is 1. The van der Waals surface area contributed by atoms with E-state index in [1.807, 2.05) is 12.1 Å². The molecule has 4 nitrogen and oxygen atoms in total. The summed E-state index contributed by atoms with van der Waals surface area (Å²) in [5, 5.41) is 8.79. The van der Waals surface area contributed by atoms with Gasteiger partial charge in [-0.15, -0.1) is 0 Å². The highest BCUT2D eigenvalue weighted by molar-refractivity contribution is 5.24.